The molecule has 1 heterocycles. The molecule has 1 fully saturated rings. The summed E-state index contributed by atoms with van der Waals surface area (Å²) in [5.41, 5.74) is 0.914. The summed E-state index contributed by atoms with van der Waals surface area (Å²) >= 11 is 0. The number of halogens is 2. The lowest BCUT2D eigenvalue weighted by Crippen LogP contribution is -2.44. The van der Waals surface area contributed by atoms with Gasteiger partial charge in [-0.25, -0.2) is 4.39 Å². The zero-order valence-corrected chi connectivity index (χ0v) is 17.9. The molecular formula is C18H30FIN4O2. The van der Waals surface area contributed by atoms with Gasteiger partial charge in [-0.1, -0.05) is 12.1 Å². The molecular weight excluding hydrogens is 450 g/mol. The summed E-state index contributed by atoms with van der Waals surface area (Å²) in [6.45, 7) is 8.64. The highest BCUT2D eigenvalue weighted by molar-refractivity contribution is 14.0. The van der Waals surface area contributed by atoms with Crippen molar-refractivity contribution in [2.45, 2.75) is 13.0 Å². The minimum atomic E-state index is -0.250. The quantitative estimate of drug-likeness (QED) is 0.339. The van der Waals surface area contributed by atoms with Crippen LogP contribution in [0.3, 0.4) is 0 Å². The predicted molar refractivity (Wildman–Crippen MR) is 113 cm³/mol. The molecule has 2 N–H and O–H groups in total. The first-order valence-corrected chi connectivity index (χ1v) is 8.83. The third-order valence-electron chi connectivity index (χ3n) is 4.11. The molecule has 8 heteroatoms. The van der Waals surface area contributed by atoms with Crippen molar-refractivity contribution in [3.8, 4) is 0 Å². The molecule has 1 atom stereocenters. The number of ether oxygens (including phenoxy) is 2. The van der Waals surface area contributed by atoms with Gasteiger partial charge in [-0.15, -0.1) is 24.0 Å². The van der Waals surface area contributed by atoms with E-state index < -0.39 is 0 Å². The van der Waals surface area contributed by atoms with Gasteiger partial charge in [0.25, 0.3) is 0 Å². The summed E-state index contributed by atoms with van der Waals surface area (Å²) in [7, 11) is 1.64. The molecule has 0 bridgehead atoms. The van der Waals surface area contributed by atoms with Gasteiger partial charge >= 0.3 is 0 Å². The zero-order chi connectivity index (χ0) is 17.9. The van der Waals surface area contributed by atoms with E-state index in [1.54, 1.807) is 19.2 Å². The highest BCUT2D eigenvalue weighted by Gasteiger charge is 2.12. The van der Waals surface area contributed by atoms with Gasteiger partial charge in [-0.3, -0.25) is 9.89 Å². The summed E-state index contributed by atoms with van der Waals surface area (Å²) < 4.78 is 23.9. The number of nitrogens with zero attached hydrogens (tertiary/aromatic N) is 2. The fourth-order valence-corrected chi connectivity index (χ4v) is 2.67. The second kappa shape index (κ2) is 13.2. The third-order valence-corrected chi connectivity index (χ3v) is 4.11. The lowest BCUT2D eigenvalue weighted by Gasteiger charge is -2.26. The molecule has 0 aromatic heterocycles. The Balaban J connectivity index is 0.00000338. The van der Waals surface area contributed by atoms with Crippen LogP contribution in [0.2, 0.25) is 0 Å². The van der Waals surface area contributed by atoms with E-state index in [-0.39, 0.29) is 35.9 Å². The Labute approximate surface area is 172 Å². The number of benzene rings is 1. The van der Waals surface area contributed by atoms with Crippen molar-refractivity contribution < 1.29 is 13.9 Å². The van der Waals surface area contributed by atoms with E-state index in [0.717, 1.165) is 57.5 Å². The van der Waals surface area contributed by atoms with E-state index in [4.69, 9.17) is 9.47 Å². The van der Waals surface area contributed by atoms with Gasteiger partial charge in [0.1, 0.15) is 11.9 Å². The number of aliphatic imine (C=N–C) groups is 1. The molecule has 1 unspecified atom stereocenters. The maximum atomic E-state index is 13.1. The van der Waals surface area contributed by atoms with Crippen LogP contribution in [-0.4, -0.2) is 70.5 Å². The first-order valence-electron chi connectivity index (χ1n) is 8.83. The van der Waals surface area contributed by atoms with Crippen LogP contribution in [0.25, 0.3) is 0 Å². The van der Waals surface area contributed by atoms with Crippen LogP contribution < -0.4 is 10.6 Å². The lowest BCUT2D eigenvalue weighted by molar-refractivity contribution is 0.0389. The van der Waals surface area contributed by atoms with Crippen LogP contribution in [-0.2, 0) is 9.47 Å². The molecule has 0 radical (unpaired) electrons. The van der Waals surface area contributed by atoms with E-state index in [9.17, 15) is 4.39 Å². The van der Waals surface area contributed by atoms with Crippen LogP contribution in [0.1, 0.15) is 18.6 Å². The highest BCUT2D eigenvalue weighted by Crippen LogP contribution is 2.17. The average Bonchev–Trinajstić information content (AvgIpc) is 2.64. The Kier molecular flexibility index (Phi) is 11.7. The van der Waals surface area contributed by atoms with Gasteiger partial charge in [0.2, 0.25) is 0 Å². The standard InChI is InChI=1S/C18H29FN4O2.HI/c1-3-20-18(21-8-9-23-10-12-25-13-11-23)22-14-17(24-2)15-4-6-16(19)7-5-15;/h4-7,17H,3,8-14H2,1-2H3,(H2,20,21,22);1H. The molecule has 1 saturated heterocycles. The highest BCUT2D eigenvalue weighted by atomic mass is 127. The molecule has 0 saturated carbocycles. The van der Waals surface area contributed by atoms with Crippen LogP contribution >= 0.6 is 24.0 Å². The molecule has 0 spiro atoms. The second-order valence-corrected chi connectivity index (χ2v) is 5.88. The number of nitrogens with one attached hydrogen (secondary N) is 2. The Morgan fingerprint density at radius 2 is 1.96 bits per heavy atom. The third kappa shape index (κ3) is 8.15. The second-order valence-electron chi connectivity index (χ2n) is 5.88. The topological polar surface area (TPSA) is 58.1 Å². The zero-order valence-electron chi connectivity index (χ0n) is 15.5. The predicted octanol–water partition coefficient (Wildman–Crippen LogP) is 2.02. The van der Waals surface area contributed by atoms with Crippen molar-refractivity contribution >= 4 is 29.9 Å². The van der Waals surface area contributed by atoms with E-state index in [1.807, 2.05) is 6.92 Å². The molecule has 0 aliphatic carbocycles. The van der Waals surface area contributed by atoms with Crippen LogP contribution in [0.15, 0.2) is 29.3 Å². The number of methoxy groups -OCH3 is 1. The first kappa shape index (κ1) is 23.1. The Bertz CT molecular complexity index is 524. The largest absolute Gasteiger partial charge is 0.379 e. The van der Waals surface area contributed by atoms with E-state index >= 15 is 0 Å². The summed E-state index contributed by atoms with van der Waals surface area (Å²) in [6.07, 6.45) is -0.199. The van der Waals surface area contributed by atoms with Crippen LogP contribution in [0.5, 0.6) is 0 Å². The van der Waals surface area contributed by atoms with E-state index in [1.165, 1.54) is 12.1 Å². The summed E-state index contributed by atoms with van der Waals surface area (Å²) in [5, 5.41) is 6.59. The van der Waals surface area contributed by atoms with E-state index in [0.29, 0.717) is 6.54 Å². The Morgan fingerprint density at radius 1 is 1.27 bits per heavy atom. The SMILES string of the molecule is CCNC(=NCC(OC)c1ccc(F)cc1)NCCN1CCOCC1.I. The van der Waals surface area contributed by atoms with Crippen LogP contribution in [0, 0.1) is 5.82 Å². The summed E-state index contributed by atoms with van der Waals surface area (Å²) in [6, 6.07) is 6.35. The van der Waals surface area contributed by atoms with Gasteiger partial charge in [0.15, 0.2) is 5.96 Å². The fourth-order valence-electron chi connectivity index (χ4n) is 2.67. The van der Waals surface area contributed by atoms with Gasteiger partial charge in [-0.05, 0) is 24.6 Å². The maximum absolute atomic E-state index is 13.1. The molecule has 148 valence electrons. The van der Waals surface area contributed by atoms with Gasteiger partial charge < -0.3 is 20.1 Å². The van der Waals surface area contributed by atoms with Crippen molar-refractivity contribution in [1.82, 2.24) is 15.5 Å². The average molecular weight is 480 g/mol. The Hall–Kier alpha value is -0.970. The normalized spacial score (nSPS) is 16.7. The van der Waals surface area contributed by atoms with Crippen molar-refractivity contribution in [2.75, 3.05) is 59.6 Å². The first-order chi connectivity index (χ1) is 12.2. The molecule has 26 heavy (non-hydrogen) atoms. The number of guanidine groups is 1. The number of hydrogen-bond acceptors (Lipinski definition) is 4. The molecule has 1 aliphatic rings. The smallest absolute Gasteiger partial charge is 0.191 e. The Morgan fingerprint density at radius 3 is 2.58 bits per heavy atom. The molecule has 1 aromatic rings. The molecule has 6 nitrogen and oxygen atoms in total. The molecule has 0 amide bonds. The number of rotatable bonds is 8. The molecule has 1 aromatic carbocycles. The molecule has 2 rings (SSSR count). The van der Waals surface area contributed by atoms with E-state index in [2.05, 4.69) is 20.5 Å². The monoisotopic (exact) mass is 480 g/mol. The number of morpholine rings is 1. The lowest BCUT2D eigenvalue weighted by atomic mass is 10.1. The van der Waals surface area contributed by atoms with Crippen molar-refractivity contribution in [1.29, 1.82) is 0 Å². The van der Waals surface area contributed by atoms with Crippen molar-refractivity contribution in [3.63, 3.8) is 0 Å². The van der Waals surface area contributed by atoms with Gasteiger partial charge in [0.05, 0.1) is 19.8 Å². The van der Waals surface area contributed by atoms with Gasteiger partial charge in [0, 0.05) is 39.8 Å². The minimum Gasteiger partial charge on any atom is -0.379 e. The number of hydrogen-bond donors (Lipinski definition) is 2. The van der Waals surface area contributed by atoms with Crippen molar-refractivity contribution in [2.24, 2.45) is 4.99 Å². The minimum absolute atomic E-state index is 0. The molecule has 1 aliphatic heterocycles. The van der Waals surface area contributed by atoms with Crippen LogP contribution in [0.4, 0.5) is 4.39 Å². The maximum Gasteiger partial charge on any atom is 0.191 e. The summed E-state index contributed by atoms with van der Waals surface area (Å²) in [4.78, 5) is 6.97. The fraction of sp³-hybridized carbons (Fsp3) is 0.611. The van der Waals surface area contributed by atoms with Gasteiger partial charge in [-0.2, -0.15) is 0 Å². The van der Waals surface area contributed by atoms with Crippen molar-refractivity contribution in [3.05, 3.63) is 35.6 Å². The summed E-state index contributed by atoms with van der Waals surface area (Å²) in [5.74, 6) is 0.514.